The largest absolute Gasteiger partial charge is 0.468 e. The molecule has 0 atom stereocenters. The van der Waals surface area contributed by atoms with Gasteiger partial charge in [0.2, 0.25) is 0 Å². The van der Waals surface area contributed by atoms with Gasteiger partial charge >= 0.3 is 0 Å². The van der Waals surface area contributed by atoms with Crippen molar-refractivity contribution in [2.24, 2.45) is 0 Å². The van der Waals surface area contributed by atoms with Crippen LogP contribution in [0.3, 0.4) is 0 Å². The van der Waals surface area contributed by atoms with Gasteiger partial charge in [0.25, 0.3) is 6.71 Å². The maximum Gasteiger partial charge on any atom is 0.297 e. The van der Waals surface area contributed by atoms with Gasteiger partial charge in [-0.15, -0.1) is 0 Å². The van der Waals surface area contributed by atoms with E-state index >= 15 is 0 Å². The molecular weight excluding hydrogens is 824 g/mol. The molecule has 0 spiro atoms. The number of furan rings is 1. The molecule has 3 aliphatic carbocycles. The van der Waals surface area contributed by atoms with E-state index in [4.69, 9.17) is 4.42 Å². The third-order valence-electron chi connectivity index (χ3n) is 18.6. The van der Waals surface area contributed by atoms with E-state index in [1.165, 1.54) is 114 Å². The van der Waals surface area contributed by atoms with Gasteiger partial charge in [0.15, 0.2) is 0 Å². The molecule has 3 nitrogen and oxygen atoms in total. The third kappa shape index (κ3) is 6.64. The summed E-state index contributed by atoms with van der Waals surface area (Å²) in [6.45, 7) is 43.6. The lowest BCUT2D eigenvalue weighted by Crippen LogP contribution is -2.61. The van der Waals surface area contributed by atoms with Crippen molar-refractivity contribution in [3.63, 3.8) is 0 Å². The summed E-state index contributed by atoms with van der Waals surface area (Å²) in [6, 6.07) is 32.5. The molecule has 1 aromatic heterocycles. The molecule has 0 amide bonds. The normalized spacial score (nSPS) is 21.1. The van der Waals surface area contributed by atoms with Crippen molar-refractivity contribution in [2.75, 3.05) is 9.80 Å². The summed E-state index contributed by atoms with van der Waals surface area (Å²) >= 11 is 0. The predicted molar refractivity (Wildman–Crippen MR) is 293 cm³/mol. The van der Waals surface area contributed by atoms with Crippen LogP contribution >= 0.6 is 0 Å². The van der Waals surface area contributed by atoms with E-state index in [9.17, 15) is 0 Å². The fraction of sp³-hybridized carbons (Fsp3) is 0.500. The maximum absolute atomic E-state index is 7.69. The number of hydrogen-bond donors (Lipinski definition) is 0. The van der Waals surface area contributed by atoms with E-state index in [1.54, 1.807) is 0 Å². The van der Waals surface area contributed by atoms with Crippen molar-refractivity contribution in [1.29, 1.82) is 0 Å². The minimum Gasteiger partial charge on any atom is -0.468 e. The van der Waals surface area contributed by atoms with E-state index < -0.39 is 0 Å². The molecule has 0 saturated carbocycles. The molecule has 354 valence electrons. The van der Waals surface area contributed by atoms with Crippen LogP contribution in [0.15, 0.2) is 83.3 Å². The minimum absolute atomic E-state index is 0.0339. The van der Waals surface area contributed by atoms with E-state index in [0.717, 1.165) is 30.5 Å². The molecule has 0 radical (unpaired) electrons. The van der Waals surface area contributed by atoms with Gasteiger partial charge in [-0.25, -0.2) is 0 Å². The lowest BCUT2D eigenvalue weighted by molar-refractivity contribution is 0.332. The van der Waals surface area contributed by atoms with Gasteiger partial charge in [-0.3, -0.25) is 0 Å². The zero-order valence-corrected chi connectivity index (χ0v) is 45.1. The Hall–Kier alpha value is -4.70. The Labute approximate surface area is 410 Å². The van der Waals surface area contributed by atoms with Crippen molar-refractivity contribution in [2.45, 2.75) is 206 Å². The van der Waals surface area contributed by atoms with E-state index in [-0.39, 0.29) is 50.0 Å². The molecule has 0 N–H and O–H groups in total. The number of fused-ring (bicyclic) bond motifs is 9. The van der Waals surface area contributed by atoms with Gasteiger partial charge in [0.05, 0.1) is 11.3 Å². The second-order valence-electron chi connectivity index (χ2n) is 28.3. The molecule has 6 aromatic rings. The second-order valence-corrected chi connectivity index (χ2v) is 28.3. The summed E-state index contributed by atoms with van der Waals surface area (Å²) in [5.74, 6) is 0. The molecule has 5 aromatic carbocycles. The number of nitrogens with zero attached hydrogens (tertiary/aromatic N) is 2. The van der Waals surface area contributed by atoms with Crippen LogP contribution in [0, 0.1) is 0 Å². The first-order chi connectivity index (χ1) is 31.4. The fourth-order valence-electron chi connectivity index (χ4n) is 13.4. The fourth-order valence-corrected chi connectivity index (χ4v) is 13.4. The van der Waals surface area contributed by atoms with Crippen LogP contribution in [0.5, 0.6) is 0 Å². The van der Waals surface area contributed by atoms with E-state index in [0.29, 0.717) is 0 Å². The highest BCUT2D eigenvalue weighted by atomic mass is 16.3. The Morgan fingerprint density at radius 1 is 0.426 bits per heavy atom. The Morgan fingerprint density at radius 3 is 1.40 bits per heavy atom. The standard InChI is InChI=1S/C64H79BN2O/c1-57(2,3)38-19-21-40(22-20-38)67-52-32-39(58(4,5)6)31-51-54(52)65(56-55(67)42-34-45-48(37-53(42)68-56)64(17,18)30-27-61(45,11)12)49-35-46-47(63(15,16)29-28-62(46,13)14)36-50(49)66(51)41-23-24-43-44(33-41)60(9,10)26-25-59(43,7)8/h19-24,31-37H,25-30H2,1-18H3. The third-order valence-corrected chi connectivity index (χ3v) is 18.6. The van der Waals surface area contributed by atoms with Gasteiger partial charge in [0.1, 0.15) is 5.58 Å². The smallest absolute Gasteiger partial charge is 0.297 e. The molecule has 2 aliphatic heterocycles. The summed E-state index contributed by atoms with van der Waals surface area (Å²) in [5, 5.41) is 1.22. The van der Waals surface area contributed by atoms with Crippen molar-refractivity contribution >= 4 is 68.4 Å². The first-order valence-corrected chi connectivity index (χ1v) is 26.3. The Morgan fingerprint density at radius 2 is 0.868 bits per heavy atom. The lowest BCUT2D eigenvalue weighted by Gasteiger charge is -2.47. The molecule has 68 heavy (non-hydrogen) atoms. The first kappa shape index (κ1) is 45.7. The van der Waals surface area contributed by atoms with Crippen LogP contribution in [0.1, 0.15) is 208 Å². The molecular formula is C64H79BN2O. The molecule has 11 rings (SSSR count). The molecule has 0 fully saturated rings. The topological polar surface area (TPSA) is 19.6 Å². The lowest BCUT2D eigenvalue weighted by atomic mass is 9.35. The SMILES string of the molecule is CC(C)(C)c1ccc(N2c3cc(C(C)(C)C)cc4c3B(c3cc5c(cc3N4c3ccc4c(c3)C(C)(C)CCC4(C)C)C(C)(C)CCC5(C)C)c3oc4cc5c(cc4c32)C(C)(C)CCC5(C)C)cc1. The van der Waals surface area contributed by atoms with Gasteiger partial charge < -0.3 is 14.2 Å². The Kier molecular flexibility index (Phi) is 9.42. The molecule has 4 heteroatoms. The Bertz CT molecular complexity index is 3100. The number of anilines is 6. The van der Waals surface area contributed by atoms with Gasteiger partial charge in [-0.05, 0) is 192 Å². The summed E-state index contributed by atoms with van der Waals surface area (Å²) in [5.41, 5.74) is 24.1. The van der Waals surface area contributed by atoms with Gasteiger partial charge in [-0.1, -0.05) is 149 Å². The highest BCUT2D eigenvalue weighted by Gasteiger charge is 2.50. The second kappa shape index (κ2) is 14.0. The molecule has 0 saturated heterocycles. The number of benzene rings is 5. The maximum atomic E-state index is 7.69. The zero-order chi connectivity index (χ0) is 48.8. The van der Waals surface area contributed by atoms with Crippen LogP contribution in [-0.4, -0.2) is 6.71 Å². The van der Waals surface area contributed by atoms with Gasteiger partial charge in [-0.2, -0.15) is 0 Å². The predicted octanol–water partition coefficient (Wildman–Crippen LogP) is 16.2. The molecule has 0 unspecified atom stereocenters. The summed E-state index contributed by atoms with van der Waals surface area (Å²) in [6.07, 6.45) is 7.03. The average Bonchev–Trinajstić information content (AvgIpc) is 3.62. The van der Waals surface area contributed by atoms with Crippen molar-refractivity contribution < 1.29 is 4.42 Å². The summed E-state index contributed by atoms with van der Waals surface area (Å²) in [7, 11) is 0. The van der Waals surface area contributed by atoms with Crippen molar-refractivity contribution in [3.8, 4) is 0 Å². The van der Waals surface area contributed by atoms with Crippen LogP contribution in [0.2, 0.25) is 0 Å². The average molecular weight is 903 g/mol. The zero-order valence-electron chi connectivity index (χ0n) is 45.1. The van der Waals surface area contributed by atoms with Crippen LogP contribution in [0.4, 0.5) is 34.1 Å². The number of rotatable bonds is 2. The Balaban J connectivity index is 1.30. The highest BCUT2D eigenvalue weighted by molar-refractivity contribution is 7.00. The summed E-state index contributed by atoms with van der Waals surface area (Å²) < 4.78 is 7.69. The van der Waals surface area contributed by atoms with E-state index in [2.05, 4.69) is 213 Å². The van der Waals surface area contributed by atoms with E-state index in [1.807, 2.05) is 0 Å². The van der Waals surface area contributed by atoms with Crippen molar-refractivity contribution in [1.82, 2.24) is 0 Å². The molecule has 5 aliphatic rings. The monoisotopic (exact) mass is 903 g/mol. The minimum atomic E-state index is -0.119. The molecule has 3 heterocycles. The van der Waals surface area contributed by atoms with Crippen molar-refractivity contribution in [3.05, 3.63) is 123 Å². The van der Waals surface area contributed by atoms with Gasteiger partial charge in [0, 0.05) is 33.8 Å². The van der Waals surface area contributed by atoms with Crippen LogP contribution in [-0.2, 0) is 43.3 Å². The molecule has 0 bridgehead atoms. The van der Waals surface area contributed by atoms with Crippen LogP contribution < -0.4 is 26.4 Å². The highest BCUT2D eigenvalue weighted by Crippen LogP contribution is 2.55. The first-order valence-electron chi connectivity index (χ1n) is 26.3. The quantitative estimate of drug-likeness (QED) is 0.161. The number of hydrogen-bond acceptors (Lipinski definition) is 3. The summed E-state index contributed by atoms with van der Waals surface area (Å²) in [4.78, 5) is 5.33. The van der Waals surface area contributed by atoms with Crippen LogP contribution in [0.25, 0.3) is 11.0 Å².